The van der Waals surface area contributed by atoms with E-state index in [0.29, 0.717) is 12.5 Å². The first kappa shape index (κ1) is 23.9. The van der Waals surface area contributed by atoms with Gasteiger partial charge in [-0.2, -0.15) is 0 Å². The molecule has 3 aliphatic rings. The topological polar surface area (TPSA) is 53.0 Å². The minimum absolute atomic E-state index is 0.0119. The Labute approximate surface area is 215 Å². The average molecular weight is 535 g/mol. The summed E-state index contributed by atoms with van der Waals surface area (Å²) in [5, 5.41) is 10.5. The average Bonchev–Trinajstić information content (AvgIpc) is 2.89. The van der Waals surface area contributed by atoms with Crippen LogP contribution in [0.2, 0.25) is 0 Å². The van der Waals surface area contributed by atoms with Crippen molar-refractivity contribution in [1.82, 2.24) is 9.80 Å². The number of carboxylic acid groups (broad SMARTS) is 1. The fraction of sp³-hybridized carbons (Fsp3) is 0.345. The van der Waals surface area contributed by atoms with Crippen LogP contribution in [0.1, 0.15) is 35.6 Å². The molecule has 3 fully saturated rings. The molecule has 2 atom stereocenters. The van der Waals surface area contributed by atoms with Crippen molar-refractivity contribution in [3.63, 3.8) is 0 Å². The second kappa shape index (κ2) is 10.8. The van der Waals surface area contributed by atoms with Crippen LogP contribution in [0.3, 0.4) is 0 Å². The van der Waals surface area contributed by atoms with Gasteiger partial charge in [0.15, 0.2) is 0 Å². The molecule has 6 rings (SSSR count). The molecule has 0 aromatic heterocycles. The quantitative estimate of drug-likeness (QED) is 0.372. The first-order chi connectivity index (χ1) is 17.1. The van der Waals surface area contributed by atoms with Crippen LogP contribution in [0, 0.1) is 5.92 Å². The Morgan fingerprint density at radius 2 is 1.71 bits per heavy atom. The minimum Gasteiger partial charge on any atom is -0.493 e. The lowest BCUT2D eigenvalue weighted by atomic mass is 9.81. The van der Waals surface area contributed by atoms with Crippen LogP contribution in [0.25, 0.3) is 0 Å². The Balaban J connectivity index is 1.41. The molecule has 3 saturated heterocycles. The Morgan fingerprint density at radius 1 is 1.00 bits per heavy atom. The van der Waals surface area contributed by atoms with Crippen molar-refractivity contribution in [3.05, 3.63) is 100 Å². The SMILES string of the molecule is O=C(O)N(C(c1ccccc1)c1cccc(OCCc2ccc(Br)cc2)c1)[C@H]1CN2CCC1CC2. The van der Waals surface area contributed by atoms with E-state index in [1.54, 1.807) is 4.90 Å². The molecule has 3 aromatic carbocycles. The molecule has 0 saturated carbocycles. The Morgan fingerprint density at radius 3 is 2.37 bits per heavy atom. The maximum Gasteiger partial charge on any atom is 0.408 e. The van der Waals surface area contributed by atoms with E-state index in [2.05, 4.69) is 33.0 Å². The van der Waals surface area contributed by atoms with Crippen molar-refractivity contribution >= 4 is 22.0 Å². The summed E-state index contributed by atoms with van der Waals surface area (Å²) in [7, 11) is 0. The number of ether oxygens (including phenoxy) is 1. The van der Waals surface area contributed by atoms with Crippen LogP contribution >= 0.6 is 15.9 Å². The number of rotatable bonds is 8. The van der Waals surface area contributed by atoms with Crippen LogP contribution in [0.5, 0.6) is 5.75 Å². The van der Waals surface area contributed by atoms with Gasteiger partial charge in [-0.15, -0.1) is 0 Å². The van der Waals surface area contributed by atoms with Crippen LogP contribution < -0.4 is 4.74 Å². The maximum atomic E-state index is 12.8. The van der Waals surface area contributed by atoms with E-state index in [4.69, 9.17) is 4.74 Å². The molecule has 3 heterocycles. The van der Waals surface area contributed by atoms with E-state index < -0.39 is 6.09 Å². The van der Waals surface area contributed by atoms with Crippen LogP contribution in [0.15, 0.2) is 83.3 Å². The molecule has 3 aliphatic heterocycles. The zero-order valence-corrected chi connectivity index (χ0v) is 21.3. The predicted octanol–water partition coefficient (Wildman–Crippen LogP) is 6.23. The molecule has 0 spiro atoms. The Bertz CT molecular complexity index is 1130. The van der Waals surface area contributed by atoms with Crippen molar-refractivity contribution in [2.24, 2.45) is 5.92 Å². The second-order valence-corrected chi connectivity index (χ2v) is 10.4. The van der Waals surface area contributed by atoms with Gasteiger partial charge in [0.05, 0.1) is 18.7 Å². The Kier molecular flexibility index (Phi) is 7.40. The summed E-state index contributed by atoms with van der Waals surface area (Å²) in [5.74, 6) is 1.17. The summed E-state index contributed by atoms with van der Waals surface area (Å²) in [5.41, 5.74) is 3.14. The summed E-state index contributed by atoms with van der Waals surface area (Å²) < 4.78 is 7.18. The molecule has 0 radical (unpaired) electrons. The highest BCUT2D eigenvalue weighted by Gasteiger charge is 2.43. The van der Waals surface area contributed by atoms with E-state index in [-0.39, 0.29) is 12.1 Å². The first-order valence-electron chi connectivity index (χ1n) is 12.3. The van der Waals surface area contributed by atoms with Crippen LogP contribution in [-0.4, -0.2) is 53.3 Å². The molecule has 5 nitrogen and oxygen atoms in total. The van der Waals surface area contributed by atoms with Crippen molar-refractivity contribution in [1.29, 1.82) is 0 Å². The predicted molar refractivity (Wildman–Crippen MR) is 141 cm³/mol. The van der Waals surface area contributed by atoms with Gasteiger partial charge in [-0.3, -0.25) is 4.90 Å². The third-order valence-corrected chi connectivity index (χ3v) is 7.87. The molecule has 0 aliphatic carbocycles. The zero-order valence-electron chi connectivity index (χ0n) is 19.7. The largest absolute Gasteiger partial charge is 0.493 e. The van der Waals surface area contributed by atoms with Gasteiger partial charge in [0, 0.05) is 17.4 Å². The van der Waals surface area contributed by atoms with E-state index >= 15 is 0 Å². The van der Waals surface area contributed by atoms with E-state index in [1.165, 1.54) is 5.56 Å². The standard InChI is InChI=1S/C29H31BrN2O3/c30-25-11-9-21(10-12-25)15-18-35-26-8-4-7-24(19-26)28(23-5-2-1-3-6-23)32(29(33)34)27-20-31-16-13-22(27)14-17-31/h1-12,19,22,27-28H,13-18,20H2,(H,33,34)/t27-,28?/m0/s1. The molecule has 6 heteroatoms. The molecular weight excluding hydrogens is 504 g/mol. The Hall–Kier alpha value is -2.83. The molecule has 182 valence electrons. The highest BCUT2D eigenvalue weighted by Crippen LogP contribution is 2.39. The molecule has 1 unspecified atom stereocenters. The number of nitrogens with zero attached hydrogens (tertiary/aromatic N) is 2. The number of hydrogen-bond acceptors (Lipinski definition) is 3. The highest BCUT2D eigenvalue weighted by molar-refractivity contribution is 9.10. The van der Waals surface area contributed by atoms with E-state index in [9.17, 15) is 9.90 Å². The monoisotopic (exact) mass is 534 g/mol. The van der Waals surface area contributed by atoms with Gasteiger partial charge in [0.1, 0.15) is 5.75 Å². The van der Waals surface area contributed by atoms with Gasteiger partial charge in [0.2, 0.25) is 0 Å². The van der Waals surface area contributed by atoms with Gasteiger partial charge >= 0.3 is 6.09 Å². The van der Waals surface area contributed by atoms with Gasteiger partial charge in [-0.05, 0) is 72.8 Å². The molecular formula is C29H31BrN2O3. The number of halogens is 1. The molecule has 1 amide bonds. The summed E-state index contributed by atoms with van der Waals surface area (Å²) in [4.78, 5) is 16.9. The molecule has 2 bridgehead atoms. The number of hydrogen-bond donors (Lipinski definition) is 1. The number of fused-ring (bicyclic) bond motifs is 3. The molecule has 1 N–H and O–H groups in total. The lowest BCUT2D eigenvalue weighted by molar-refractivity contribution is -0.000809. The summed E-state index contributed by atoms with van der Waals surface area (Å²) in [6.07, 6.45) is 2.07. The van der Waals surface area contributed by atoms with Crippen molar-refractivity contribution in [2.45, 2.75) is 31.3 Å². The fourth-order valence-electron chi connectivity index (χ4n) is 5.55. The minimum atomic E-state index is -0.862. The third-order valence-electron chi connectivity index (χ3n) is 7.34. The van der Waals surface area contributed by atoms with Crippen molar-refractivity contribution in [3.8, 4) is 5.75 Å². The van der Waals surface area contributed by atoms with Gasteiger partial charge < -0.3 is 14.7 Å². The van der Waals surface area contributed by atoms with Crippen LogP contribution in [0.4, 0.5) is 4.79 Å². The first-order valence-corrected chi connectivity index (χ1v) is 13.1. The molecule has 3 aromatic rings. The normalized spacial score (nSPS) is 21.9. The summed E-state index contributed by atoms with van der Waals surface area (Å²) >= 11 is 3.47. The summed E-state index contributed by atoms with van der Waals surface area (Å²) in [6, 6.07) is 25.8. The van der Waals surface area contributed by atoms with Crippen molar-refractivity contribution in [2.75, 3.05) is 26.2 Å². The van der Waals surface area contributed by atoms with Crippen molar-refractivity contribution < 1.29 is 14.6 Å². The lowest BCUT2D eigenvalue weighted by Crippen LogP contribution is -2.59. The van der Waals surface area contributed by atoms with Crippen LogP contribution in [-0.2, 0) is 6.42 Å². The van der Waals surface area contributed by atoms with E-state index in [1.807, 2.05) is 66.7 Å². The van der Waals surface area contributed by atoms with E-state index in [0.717, 1.165) is 60.2 Å². The van der Waals surface area contributed by atoms with Gasteiger partial charge in [0.25, 0.3) is 0 Å². The third kappa shape index (κ3) is 5.54. The highest BCUT2D eigenvalue weighted by atomic mass is 79.9. The fourth-order valence-corrected chi connectivity index (χ4v) is 5.82. The maximum absolute atomic E-state index is 12.8. The smallest absolute Gasteiger partial charge is 0.408 e. The number of benzene rings is 3. The number of piperidine rings is 3. The molecule has 35 heavy (non-hydrogen) atoms. The lowest BCUT2D eigenvalue weighted by Gasteiger charge is -2.50. The number of amides is 1. The summed E-state index contributed by atoms with van der Waals surface area (Å²) in [6.45, 7) is 3.52. The second-order valence-electron chi connectivity index (χ2n) is 9.51. The van der Waals surface area contributed by atoms with Gasteiger partial charge in [-0.1, -0.05) is 70.5 Å². The van der Waals surface area contributed by atoms with Gasteiger partial charge in [-0.25, -0.2) is 4.79 Å². The number of carbonyl (C=O) groups is 1. The zero-order chi connectivity index (χ0) is 24.2.